The van der Waals surface area contributed by atoms with Gasteiger partial charge in [0.2, 0.25) is 0 Å². The molecule has 0 unspecified atom stereocenters. The molecule has 0 saturated carbocycles. The Kier molecular flexibility index (Phi) is 4.23. The SMILES string of the molecule is COC(=O)c1nn(C)cc1NC(=O)C(C)(C)n1cc(Cl)cn1. The monoisotopic (exact) mass is 325 g/mol. The molecule has 0 fully saturated rings. The number of rotatable bonds is 4. The zero-order chi connectivity index (χ0) is 16.5. The molecule has 2 heterocycles. The van der Waals surface area contributed by atoms with E-state index in [0.29, 0.717) is 5.02 Å². The molecule has 8 nitrogen and oxygen atoms in total. The van der Waals surface area contributed by atoms with E-state index in [0.717, 1.165) is 0 Å². The van der Waals surface area contributed by atoms with Crippen molar-refractivity contribution in [3.05, 3.63) is 29.3 Å². The van der Waals surface area contributed by atoms with Gasteiger partial charge in [-0.3, -0.25) is 14.2 Å². The molecule has 0 saturated heterocycles. The van der Waals surface area contributed by atoms with E-state index in [4.69, 9.17) is 11.6 Å². The van der Waals surface area contributed by atoms with Crippen LogP contribution in [0.2, 0.25) is 5.02 Å². The van der Waals surface area contributed by atoms with Crippen LogP contribution in [-0.2, 0) is 22.1 Å². The van der Waals surface area contributed by atoms with Crippen molar-refractivity contribution >= 4 is 29.2 Å². The van der Waals surface area contributed by atoms with Crippen molar-refractivity contribution in [3.63, 3.8) is 0 Å². The minimum Gasteiger partial charge on any atom is -0.464 e. The number of anilines is 1. The first-order chi connectivity index (χ1) is 10.3. The molecule has 0 spiro atoms. The first-order valence-electron chi connectivity index (χ1n) is 6.39. The van der Waals surface area contributed by atoms with E-state index >= 15 is 0 Å². The quantitative estimate of drug-likeness (QED) is 0.859. The second-order valence-electron chi connectivity index (χ2n) is 5.17. The molecule has 0 aliphatic carbocycles. The first kappa shape index (κ1) is 16.0. The lowest BCUT2D eigenvalue weighted by Crippen LogP contribution is -2.40. The van der Waals surface area contributed by atoms with Gasteiger partial charge in [0.25, 0.3) is 5.91 Å². The van der Waals surface area contributed by atoms with Crippen LogP contribution in [0.1, 0.15) is 24.3 Å². The van der Waals surface area contributed by atoms with Gasteiger partial charge >= 0.3 is 5.97 Å². The lowest BCUT2D eigenvalue weighted by molar-refractivity contribution is -0.123. The number of aryl methyl sites for hydroxylation is 1. The molecule has 2 aromatic heterocycles. The molecular formula is C13H16ClN5O3. The average Bonchev–Trinajstić information content (AvgIpc) is 3.04. The lowest BCUT2D eigenvalue weighted by Gasteiger charge is -2.23. The van der Waals surface area contributed by atoms with Gasteiger partial charge in [0.15, 0.2) is 5.69 Å². The Hall–Kier alpha value is -2.35. The summed E-state index contributed by atoms with van der Waals surface area (Å²) >= 11 is 5.83. The summed E-state index contributed by atoms with van der Waals surface area (Å²) in [7, 11) is 2.89. The molecule has 0 bridgehead atoms. The Morgan fingerprint density at radius 1 is 1.36 bits per heavy atom. The molecule has 9 heteroatoms. The van der Waals surface area contributed by atoms with E-state index < -0.39 is 11.5 Å². The fourth-order valence-corrected chi connectivity index (χ4v) is 1.95. The van der Waals surface area contributed by atoms with E-state index in [1.807, 2.05) is 0 Å². The van der Waals surface area contributed by atoms with E-state index in [-0.39, 0.29) is 17.3 Å². The fourth-order valence-electron chi connectivity index (χ4n) is 1.81. The van der Waals surface area contributed by atoms with E-state index in [1.54, 1.807) is 27.1 Å². The fraction of sp³-hybridized carbons (Fsp3) is 0.385. The zero-order valence-corrected chi connectivity index (χ0v) is 13.4. The van der Waals surface area contributed by atoms with Crippen molar-refractivity contribution in [2.24, 2.45) is 7.05 Å². The van der Waals surface area contributed by atoms with Crippen molar-refractivity contribution in [2.75, 3.05) is 12.4 Å². The van der Waals surface area contributed by atoms with Gasteiger partial charge in [-0.2, -0.15) is 10.2 Å². The summed E-state index contributed by atoms with van der Waals surface area (Å²) in [6.07, 6.45) is 4.52. The molecule has 2 rings (SSSR count). The van der Waals surface area contributed by atoms with Crippen LogP contribution < -0.4 is 5.32 Å². The highest BCUT2D eigenvalue weighted by molar-refractivity contribution is 6.30. The van der Waals surface area contributed by atoms with E-state index in [1.165, 1.54) is 28.9 Å². The Morgan fingerprint density at radius 2 is 2.05 bits per heavy atom. The van der Waals surface area contributed by atoms with Crippen LogP contribution in [0, 0.1) is 0 Å². The number of amides is 1. The third-order valence-electron chi connectivity index (χ3n) is 3.14. The van der Waals surface area contributed by atoms with Gasteiger partial charge < -0.3 is 10.1 Å². The van der Waals surface area contributed by atoms with Crippen molar-refractivity contribution < 1.29 is 14.3 Å². The van der Waals surface area contributed by atoms with Crippen LogP contribution in [0.25, 0.3) is 0 Å². The zero-order valence-electron chi connectivity index (χ0n) is 12.6. The minimum atomic E-state index is -1.00. The maximum absolute atomic E-state index is 12.5. The number of methoxy groups -OCH3 is 1. The Labute approximate surface area is 132 Å². The number of nitrogens with one attached hydrogen (secondary N) is 1. The molecular weight excluding hydrogens is 310 g/mol. The molecule has 0 aliphatic rings. The Bertz CT molecular complexity index is 719. The van der Waals surface area contributed by atoms with E-state index in [9.17, 15) is 9.59 Å². The second kappa shape index (κ2) is 5.80. The summed E-state index contributed by atoms with van der Waals surface area (Å²) < 4.78 is 7.50. The summed E-state index contributed by atoms with van der Waals surface area (Å²) in [6.45, 7) is 3.36. The Morgan fingerprint density at radius 3 is 2.59 bits per heavy atom. The first-order valence-corrected chi connectivity index (χ1v) is 6.77. The standard InChI is InChI=1S/C13H16ClN5O3/c1-13(2,19-6-8(14)5-15-19)12(21)16-9-7-18(3)17-10(9)11(20)22-4/h5-7H,1-4H3,(H,16,21). The molecule has 0 aliphatic heterocycles. The molecule has 0 radical (unpaired) electrons. The van der Waals surface area contributed by atoms with Crippen LogP contribution in [0.15, 0.2) is 18.6 Å². The normalized spacial score (nSPS) is 11.3. The topological polar surface area (TPSA) is 91.0 Å². The highest BCUT2D eigenvalue weighted by atomic mass is 35.5. The van der Waals surface area contributed by atoms with Gasteiger partial charge in [-0.15, -0.1) is 0 Å². The molecule has 2 aromatic rings. The largest absolute Gasteiger partial charge is 0.464 e. The predicted octanol–water partition coefficient (Wildman–Crippen LogP) is 1.43. The number of nitrogens with zero attached hydrogens (tertiary/aromatic N) is 4. The van der Waals surface area contributed by atoms with Crippen LogP contribution in [0.5, 0.6) is 0 Å². The highest BCUT2D eigenvalue weighted by Crippen LogP contribution is 2.21. The summed E-state index contributed by atoms with van der Waals surface area (Å²) in [5, 5.41) is 11.1. The number of halogens is 1. The second-order valence-corrected chi connectivity index (χ2v) is 5.61. The molecule has 1 amide bonds. The summed E-state index contributed by atoms with van der Waals surface area (Å²) in [5.74, 6) is -0.999. The van der Waals surface area contributed by atoms with Crippen molar-refractivity contribution in [3.8, 4) is 0 Å². The van der Waals surface area contributed by atoms with Crippen LogP contribution >= 0.6 is 11.6 Å². The summed E-state index contributed by atoms with van der Waals surface area (Å²) in [5.41, 5.74) is -0.700. The van der Waals surface area contributed by atoms with Crippen LogP contribution in [-0.4, -0.2) is 38.5 Å². The van der Waals surface area contributed by atoms with Crippen LogP contribution in [0.3, 0.4) is 0 Å². The van der Waals surface area contributed by atoms with Crippen molar-refractivity contribution in [2.45, 2.75) is 19.4 Å². The molecule has 0 aromatic carbocycles. The number of aromatic nitrogens is 4. The number of ether oxygens (including phenoxy) is 1. The Balaban J connectivity index is 2.27. The summed E-state index contributed by atoms with van der Waals surface area (Å²) in [6, 6.07) is 0. The number of carbonyl (C=O) groups excluding carboxylic acids is 2. The van der Waals surface area contributed by atoms with Crippen LogP contribution in [0.4, 0.5) is 5.69 Å². The minimum absolute atomic E-state index is 0.0349. The molecule has 22 heavy (non-hydrogen) atoms. The van der Waals surface area contributed by atoms with Gasteiger partial charge in [-0.25, -0.2) is 4.79 Å². The van der Waals surface area contributed by atoms with Crippen molar-refractivity contribution in [1.82, 2.24) is 19.6 Å². The molecule has 118 valence electrons. The van der Waals surface area contributed by atoms with Gasteiger partial charge in [0, 0.05) is 19.4 Å². The lowest BCUT2D eigenvalue weighted by atomic mass is 10.1. The highest BCUT2D eigenvalue weighted by Gasteiger charge is 2.32. The van der Waals surface area contributed by atoms with Crippen molar-refractivity contribution in [1.29, 1.82) is 0 Å². The van der Waals surface area contributed by atoms with Gasteiger partial charge in [0.1, 0.15) is 5.54 Å². The average molecular weight is 326 g/mol. The van der Waals surface area contributed by atoms with Gasteiger partial charge in [-0.05, 0) is 13.8 Å². The predicted molar refractivity (Wildman–Crippen MR) is 79.7 cm³/mol. The smallest absolute Gasteiger partial charge is 0.360 e. The third-order valence-corrected chi connectivity index (χ3v) is 3.33. The number of hydrogen-bond donors (Lipinski definition) is 1. The number of carbonyl (C=O) groups is 2. The molecule has 0 atom stereocenters. The maximum Gasteiger partial charge on any atom is 0.360 e. The molecule has 1 N–H and O–H groups in total. The number of esters is 1. The summed E-state index contributed by atoms with van der Waals surface area (Å²) in [4.78, 5) is 24.2. The number of hydrogen-bond acceptors (Lipinski definition) is 5. The van der Waals surface area contributed by atoms with Gasteiger partial charge in [-0.1, -0.05) is 11.6 Å². The van der Waals surface area contributed by atoms with Gasteiger partial charge in [0.05, 0.1) is 24.0 Å². The van der Waals surface area contributed by atoms with E-state index in [2.05, 4.69) is 20.3 Å². The maximum atomic E-state index is 12.5. The third kappa shape index (κ3) is 2.96.